The summed E-state index contributed by atoms with van der Waals surface area (Å²) in [5.41, 5.74) is -1.88. The second kappa shape index (κ2) is 5.64. The number of nitrogens with one attached hydrogen (secondary N) is 1. The van der Waals surface area contributed by atoms with Gasteiger partial charge in [-0.25, -0.2) is 8.78 Å². The van der Waals surface area contributed by atoms with Gasteiger partial charge in [-0.3, -0.25) is 4.79 Å². The van der Waals surface area contributed by atoms with Gasteiger partial charge in [0.1, 0.15) is 0 Å². The summed E-state index contributed by atoms with van der Waals surface area (Å²) in [5, 5.41) is 1.73. The predicted octanol–water partition coefficient (Wildman–Crippen LogP) is 3.46. The van der Waals surface area contributed by atoms with Crippen molar-refractivity contribution in [2.75, 3.05) is 6.54 Å². The van der Waals surface area contributed by atoms with Crippen molar-refractivity contribution < 1.29 is 26.7 Å². The number of amides is 1. The molecule has 100 valence electrons. The number of benzene rings is 1. The van der Waals surface area contributed by atoms with Crippen LogP contribution in [0.2, 0.25) is 0 Å². The van der Waals surface area contributed by atoms with Crippen LogP contribution in [-0.4, -0.2) is 18.9 Å². The van der Waals surface area contributed by atoms with Crippen molar-refractivity contribution in [2.45, 2.75) is 12.6 Å². The van der Waals surface area contributed by atoms with Crippen LogP contribution in [0.5, 0.6) is 0 Å². The summed E-state index contributed by atoms with van der Waals surface area (Å²) in [6, 6.07) is 3.05. The normalized spacial score (nSPS) is 11.7. The van der Waals surface area contributed by atoms with Crippen molar-refractivity contribution in [1.29, 1.82) is 0 Å². The van der Waals surface area contributed by atoms with Gasteiger partial charge in [0, 0.05) is 4.47 Å². The van der Waals surface area contributed by atoms with Crippen molar-refractivity contribution in [3.8, 4) is 0 Å². The van der Waals surface area contributed by atoms with Gasteiger partial charge in [0.05, 0.1) is 17.7 Å². The van der Waals surface area contributed by atoms with E-state index < -0.39 is 36.2 Å². The minimum Gasteiger partial charge on any atom is -0.346 e. The summed E-state index contributed by atoms with van der Waals surface area (Å²) < 4.78 is 61.6. The highest BCUT2D eigenvalue weighted by Crippen LogP contribution is 2.34. The number of carbonyl (C=O) groups excluding carboxylic acids is 1. The molecular weight excluding hydrogens is 325 g/mol. The molecule has 0 saturated carbocycles. The summed E-state index contributed by atoms with van der Waals surface area (Å²) >= 11 is 2.80. The molecule has 0 fully saturated rings. The van der Waals surface area contributed by atoms with Crippen LogP contribution in [0, 0.1) is 0 Å². The lowest BCUT2D eigenvalue weighted by molar-refractivity contribution is -0.138. The SMILES string of the molecule is O=C(NCC(F)F)c1c(Br)cccc1C(F)(F)F. The molecule has 0 aromatic heterocycles. The monoisotopic (exact) mass is 331 g/mol. The van der Waals surface area contributed by atoms with E-state index in [1.807, 2.05) is 0 Å². The number of carbonyl (C=O) groups is 1. The zero-order chi connectivity index (χ0) is 13.9. The van der Waals surface area contributed by atoms with E-state index in [4.69, 9.17) is 0 Å². The van der Waals surface area contributed by atoms with E-state index >= 15 is 0 Å². The van der Waals surface area contributed by atoms with Gasteiger partial charge in [0.15, 0.2) is 0 Å². The first-order chi connectivity index (χ1) is 8.23. The second-order valence-electron chi connectivity index (χ2n) is 3.26. The fourth-order valence-electron chi connectivity index (χ4n) is 1.25. The van der Waals surface area contributed by atoms with Gasteiger partial charge >= 0.3 is 6.18 Å². The molecule has 18 heavy (non-hydrogen) atoms. The molecule has 0 saturated heterocycles. The van der Waals surface area contributed by atoms with Crippen LogP contribution in [0.1, 0.15) is 15.9 Å². The third-order valence-corrected chi connectivity index (χ3v) is 2.62. The molecule has 1 N–H and O–H groups in total. The van der Waals surface area contributed by atoms with Gasteiger partial charge in [0.25, 0.3) is 12.3 Å². The lowest BCUT2D eigenvalue weighted by Crippen LogP contribution is -2.30. The second-order valence-corrected chi connectivity index (χ2v) is 4.12. The Labute approximate surface area is 107 Å². The Bertz CT molecular complexity index is 446. The molecule has 2 nitrogen and oxygen atoms in total. The van der Waals surface area contributed by atoms with Crippen LogP contribution < -0.4 is 5.32 Å². The lowest BCUT2D eigenvalue weighted by atomic mass is 10.1. The number of halogens is 6. The summed E-state index contributed by atoms with van der Waals surface area (Å²) in [7, 11) is 0. The number of hydrogen-bond acceptors (Lipinski definition) is 1. The van der Waals surface area contributed by atoms with Crippen molar-refractivity contribution in [3.63, 3.8) is 0 Å². The van der Waals surface area contributed by atoms with Gasteiger partial charge in [0.2, 0.25) is 0 Å². The third kappa shape index (κ3) is 3.66. The first kappa shape index (κ1) is 14.9. The molecule has 0 radical (unpaired) electrons. The molecule has 8 heteroatoms. The maximum Gasteiger partial charge on any atom is 0.417 e. The fourth-order valence-corrected chi connectivity index (χ4v) is 1.80. The Morgan fingerprint density at radius 1 is 1.33 bits per heavy atom. The average molecular weight is 332 g/mol. The minimum atomic E-state index is -4.73. The number of rotatable bonds is 3. The topological polar surface area (TPSA) is 29.1 Å². The molecule has 0 aliphatic carbocycles. The van der Waals surface area contributed by atoms with Crippen LogP contribution >= 0.6 is 15.9 Å². The van der Waals surface area contributed by atoms with Crippen LogP contribution in [0.3, 0.4) is 0 Å². The van der Waals surface area contributed by atoms with Crippen molar-refractivity contribution in [3.05, 3.63) is 33.8 Å². The van der Waals surface area contributed by atoms with E-state index in [2.05, 4.69) is 15.9 Å². The van der Waals surface area contributed by atoms with Gasteiger partial charge in [-0.2, -0.15) is 13.2 Å². The van der Waals surface area contributed by atoms with Gasteiger partial charge in [-0.15, -0.1) is 0 Å². The highest BCUT2D eigenvalue weighted by Gasteiger charge is 2.36. The molecule has 0 heterocycles. The number of hydrogen-bond donors (Lipinski definition) is 1. The molecule has 0 atom stereocenters. The molecule has 1 rings (SSSR count). The summed E-state index contributed by atoms with van der Waals surface area (Å²) in [4.78, 5) is 11.5. The molecule has 0 bridgehead atoms. The van der Waals surface area contributed by atoms with E-state index in [1.165, 1.54) is 6.07 Å². The number of alkyl halides is 5. The van der Waals surface area contributed by atoms with Crippen LogP contribution in [0.4, 0.5) is 22.0 Å². The molecule has 1 aromatic rings. The maximum atomic E-state index is 12.6. The largest absolute Gasteiger partial charge is 0.417 e. The highest BCUT2D eigenvalue weighted by molar-refractivity contribution is 9.10. The van der Waals surface area contributed by atoms with Gasteiger partial charge < -0.3 is 5.32 Å². The van der Waals surface area contributed by atoms with Crippen LogP contribution in [-0.2, 0) is 6.18 Å². The van der Waals surface area contributed by atoms with Crippen LogP contribution in [0.25, 0.3) is 0 Å². The average Bonchev–Trinajstić information content (AvgIpc) is 2.24. The molecule has 0 aliphatic heterocycles. The molecular formula is C10H7BrF5NO. The Morgan fingerprint density at radius 3 is 2.44 bits per heavy atom. The summed E-state index contributed by atoms with van der Waals surface area (Å²) in [6.07, 6.45) is -7.56. The maximum absolute atomic E-state index is 12.6. The smallest absolute Gasteiger partial charge is 0.346 e. The molecule has 1 aromatic carbocycles. The Morgan fingerprint density at radius 2 is 1.94 bits per heavy atom. The summed E-state index contributed by atoms with van der Waals surface area (Å²) in [6.45, 7) is -1.00. The quantitative estimate of drug-likeness (QED) is 0.844. The van der Waals surface area contributed by atoms with E-state index in [0.717, 1.165) is 6.07 Å². The van der Waals surface area contributed by atoms with Gasteiger partial charge in [-0.05, 0) is 28.1 Å². The minimum absolute atomic E-state index is 0.107. The first-order valence-electron chi connectivity index (χ1n) is 4.65. The summed E-state index contributed by atoms with van der Waals surface area (Å²) in [5.74, 6) is -1.20. The zero-order valence-electron chi connectivity index (χ0n) is 8.69. The van der Waals surface area contributed by atoms with E-state index in [0.29, 0.717) is 6.07 Å². The van der Waals surface area contributed by atoms with Crippen molar-refractivity contribution >= 4 is 21.8 Å². The van der Waals surface area contributed by atoms with E-state index in [9.17, 15) is 26.7 Å². The highest BCUT2D eigenvalue weighted by atomic mass is 79.9. The standard InChI is InChI=1S/C10H7BrF5NO/c11-6-3-1-2-5(10(14,15)16)8(6)9(18)17-4-7(12)13/h1-3,7H,4H2,(H,17,18). The van der Waals surface area contributed by atoms with E-state index in [-0.39, 0.29) is 4.47 Å². The first-order valence-corrected chi connectivity index (χ1v) is 5.45. The third-order valence-electron chi connectivity index (χ3n) is 1.96. The van der Waals surface area contributed by atoms with Crippen molar-refractivity contribution in [1.82, 2.24) is 5.32 Å². The van der Waals surface area contributed by atoms with Crippen LogP contribution in [0.15, 0.2) is 22.7 Å². The molecule has 0 unspecified atom stereocenters. The zero-order valence-corrected chi connectivity index (χ0v) is 10.3. The molecule has 0 spiro atoms. The Hall–Kier alpha value is -1.18. The molecule has 0 aliphatic rings. The van der Waals surface area contributed by atoms with E-state index in [1.54, 1.807) is 5.32 Å². The Kier molecular flexibility index (Phi) is 4.66. The molecule has 1 amide bonds. The Balaban J connectivity index is 3.10. The fraction of sp³-hybridized carbons (Fsp3) is 0.300. The lowest BCUT2D eigenvalue weighted by Gasteiger charge is -2.14. The van der Waals surface area contributed by atoms with Crippen molar-refractivity contribution in [2.24, 2.45) is 0 Å². The van der Waals surface area contributed by atoms with Gasteiger partial charge in [-0.1, -0.05) is 6.07 Å². The predicted molar refractivity (Wildman–Crippen MR) is 57.5 cm³/mol.